The SMILES string of the molecule is Cl.[2H]C([2H])([2H])Nc1c(C)n(C)n(-c2ccccc2)c1=O. The van der Waals surface area contributed by atoms with Crippen LogP contribution in [0.4, 0.5) is 5.69 Å². The van der Waals surface area contributed by atoms with Gasteiger partial charge < -0.3 is 5.32 Å². The first-order valence-electron chi connectivity index (χ1n) is 6.43. The molecule has 0 spiro atoms. The zero-order chi connectivity index (χ0) is 14.2. The number of hydrogen-bond donors (Lipinski definition) is 1. The summed E-state index contributed by atoms with van der Waals surface area (Å²) in [6, 6.07) is 9.08. The first-order chi connectivity index (χ1) is 8.81. The lowest BCUT2D eigenvalue weighted by molar-refractivity contribution is 0.630. The van der Waals surface area contributed by atoms with Crippen LogP contribution in [0.25, 0.3) is 5.69 Å². The lowest BCUT2D eigenvalue weighted by atomic mass is 10.3. The molecule has 0 aliphatic heterocycles. The van der Waals surface area contributed by atoms with Gasteiger partial charge >= 0.3 is 0 Å². The maximum absolute atomic E-state index is 12.3. The van der Waals surface area contributed by atoms with E-state index in [1.807, 2.05) is 18.2 Å². The second kappa shape index (κ2) is 5.10. The van der Waals surface area contributed by atoms with Gasteiger partial charge in [0.25, 0.3) is 5.56 Å². The van der Waals surface area contributed by atoms with Crippen molar-refractivity contribution < 1.29 is 4.11 Å². The highest BCUT2D eigenvalue weighted by molar-refractivity contribution is 5.85. The highest BCUT2D eigenvalue weighted by Gasteiger charge is 2.13. The average molecular weight is 257 g/mol. The topological polar surface area (TPSA) is 39.0 Å². The Morgan fingerprint density at radius 1 is 1.29 bits per heavy atom. The molecule has 1 aromatic carbocycles. The van der Waals surface area contributed by atoms with Crippen LogP contribution in [-0.2, 0) is 7.05 Å². The predicted octanol–water partition coefficient (Wildman–Crippen LogP) is 1.95. The van der Waals surface area contributed by atoms with Crippen LogP contribution < -0.4 is 10.9 Å². The lowest BCUT2D eigenvalue weighted by Crippen LogP contribution is -2.20. The van der Waals surface area contributed by atoms with Gasteiger partial charge in [0.05, 0.1) is 11.4 Å². The van der Waals surface area contributed by atoms with Crippen molar-refractivity contribution in [2.24, 2.45) is 7.05 Å². The summed E-state index contributed by atoms with van der Waals surface area (Å²) in [6.07, 6.45) is 0. The number of para-hydroxylation sites is 1. The first-order valence-corrected chi connectivity index (χ1v) is 4.93. The van der Waals surface area contributed by atoms with E-state index >= 15 is 0 Å². The Hall–Kier alpha value is -1.68. The van der Waals surface area contributed by atoms with Gasteiger partial charge in [-0.1, -0.05) is 18.2 Å². The fourth-order valence-corrected chi connectivity index (χ4v) is 1.71. The van der Waals surface area contributed by atoms with Gasteiger partial charge in [-0.05, 0) is 19.1 Å². The highest BCUT2D eigenvalue weighted by atomic mass is 35.5. The van der Waals surface area contributed by atoms with Crippen LogP contribution in [0.15, 0.2) is 35.1 Å². The van der Waals surface area contributed by atoms with Crippen molar-refractivity contribution in [3.63, 3.8) is 0 Å². The second-order valence-corrected chi connectivity index (χ2v) is 3.56. The fourth-order valence-electron chi connectivity index (χ4n) is 1.71. The normalized spacial score (nSPS) is 13.2. The van der Waals surface area contributed by atoms with Gasteiger partial charge in [0.2, 0.25) is 0 Å². The van der Waals surface area contributed by atoms with Crippen LogP contribution in [0, 0.1) is 6.92 Å². The van der Waals surface area contributed by atoms with Gasteiger partial charge in [0.1, 0.15) is 5.69 Å². The van der Waals surface area contributed by atoms with E-state index in [9.17, 15) is 4.79 Å². The molecule has 0 radical (unpaired) electrons. The molecular weight excluding hydrogens is 238 g/mol. The third-order valence-corrected chi connectivity index (χ3v) is 2.68. The molecule has 92 valence electrons. The predicted molar refractivity (Wildman–Crippen MR) is 72.5 cm³/mol. The molecule has 0 fully saturated rings. The molecule has 0 amide bonds. The minimum absolute atomic E-state index is 0. The molecule has 0 saturated heterocycles. The van der Waals surface area contributed by atoms with E-state index in [2.05, 4.69) is 5.32 Å². The zero-order valence-electron chi connectivity index (χ0n) is 12.6. The van der Waals surface area contributed by atoms with Crippen LogP contribution >= 0.6 is 12.4 Å². The van der Waals surface area contributed by atoms with Gasteiger partial charge in [-0.2, -0.15) is 0 Å². The third kappa shape index (κ3) is 2.08. The Kier molecular flexibility index (Phi) is 2.81. The Bertz CT molecular complexity index is 646. The molecule has 2 rings (SSSR count). The van der Waals surface area contributed by atoms with Crippen LogP contribution in [0.3, 0.4) is 0 Å². The molecule has 2 aromatic rings. The molecule has 1 N–H and O–H groups in total. The molecule has 0 saturated carbocycles. The summed E-state index contributed by atoms with van der Waals surface area (Å²) in [5.74, 6) is 0. The summed E-state index contributed by atoms with van der Waals surface area (Å²) in [5.41, 5.74) is 0.996. The summed E-state index contributed by atoms with van der Waals surface area (Å²) in [7, 11) is 1.72. The van der Waals surface area contributed by atoms with Crippen molar-refractivity contribution in [2.75, 3.05) is 12.3 Å². The molecule has 1 aromatic heterocycles. The molecule has 4 nitrogen and oxygen atoms in total. The van der Waals surface area contributed by atoms with E-state index in [1.54, 1.807) is 30.8 Å². The number of nitrogens with one attached hydrogen (secondary N) is 1. The van der Waals surface area contributed by atoms with Gasteiger partial charge in [0, 0.05) is 18.1 Å². The summed E-state index contributed by atoms with van der Waals surface area (Å²) >= 11 is 0. The van der Waals surface area contributed by atoms with E-state index in [0.29, 0.717) is 11.4 Å². The Balaban J connectivity index is 0.00000200. The number of benzene rings is 1. The summed E-state index contributed by atoms with van der Waals surface area (Å²) in [5, 5.41) is 2.29. The molecule has 1 heterocycles. The van der Waals surface area contributed by atoms with Gasteiger partial charge in [-0.3, -0.25) is 9.48 Å². The summed E-state index contributed by atoms with van der Waals surface area (Å²) in [4.78, 5) is 12.3. The van der Waals surface area contributed by atoms with Crippen molar-refractivity contribution in [1.29, 1.82) is 0 Å². The smallest absolute Gasteiger partial charge is 0.295 e. The van der Waals surface area contributed by atoms with Crippen molar-refractivity contribution in [3.8, 4) is 5.69 Å². The molecular formula is C12H16ClN3O. The van der Waals surface area contributed by atoms with Gasteiger partial charge in [0.15, 0.2) is 0 Å². The average Bonchev–Trinajstić information content (AvgIpc) is 2.53. The molecule has 0 aliphatic carbocycles. The van der Waals surface area contributed by atoms with Crippen LogP contribution in [0.2, 0.25) is 0 Å². The van der Waals surface area contributed by atoms with E-state index in [1.165, 1.54) is 4.68 Å². The number of aromatic nitrogens is 2. The molecule has 5 heteroatoms. The maximum atomic E-state index is 12.3. The minimum Gasteiger partial charge on any atom is -0.382 e. The largest absolute Gasteiger partial charge is 0.382 e. The highest BCUT2D eigenvalue weighted by Crippen LogP contribution is 2.12. The van der Waals surface area contributed by atoms with Crippen LogP contribution in [0.1, 0.15) is 9.81 Å². The number of hydrogen-bond acceptors (Lipinski definition) is 2. The van der Waals surface area contributed by atoms with Gasteiger partial charge in [-0.25, -0.2) is 4.68 Å². The molecule has 0 aliphatic rings. The van der Waals surface area contributed by atoms with E-state index < -0.39 is 6.98 Å². The van der Waals surface area contributed by atoms with Crippen molar-refractivity contribution in [3.05, 3.63) is 46.4 Å². The second-order valence-electron chi connectivity index (χ2n) is 3.56. The number of rotatable bonds is 2. The number of anilines is 1. The number of halogens is 1. The minimum atomic E-state index is -2.39. The molecule has 0 bridgehead atoms. The monoisotopic (exact) mass is 256 g/mol. The maximum Gasteiger partial charge on any atom is 0.295 e. The number of nitrogens with zero attached hydrogens (tertiary/aromatic N) is 2. The Morgan fingerprint density at radius 2 is 1.94 bits per heavy atom. The standard InChI is InChI=1S/C12H15N3O.ClH/c1-9-11(13-2)12(16)15(14(9)3)10-7-5-4-6-8-10;/h4-8,13H,1-3H3;1H/i2D3;. The summed E-state index contributed by atoms with van der Waals surface area (Å²) in [6.45, 7) is -0.686. The molecule has 17 heavy (non-hydrogen) atoms. The third-order valence-electron chi connectivity index (χ3n) is 2.68. The van der Waals surface area contributed by atoms with Crippen LogP contribution in [-0.4, -0.2) is 16.3 Å². The Morgan fingerprint density at radius 3 is 2.53 bits per heavy atom. The fraction of sp³-hybridized carbons (Fsp3) is 0.250. The quantitative estimate of drug-likeness (QED) is 0.892. The van der Waals surface area contributed by atoms with Gasteiger partial charge in [-0.15, -0.1) is 12.4 Å². The molecule has 0 unspecified atom stereocenters. The van der Waals surface area contributed by atoms with Crippen molar-refractivity contribution >= 4 is 18.1 Å². The van der Waals surface area contributed by atoms with Crippen molar-refractivity contribution in [2.45, 2.75) is 6.92 Å². The summed E-state index contributed by atoms with van der Waals surface area (Å²) < 4.78 is 24.7. The zero-order valence-corrected chi connectivity index (χ0v) is 10.4. The Labute approximate surface area is 110 Å². The van der Waals surface area contributed by atoms with E-state index in [0.717, 1.165) is 0 Å². The van der Waals surface area contributed by atoms with Crippen LogP contribution in [0.5, 0.6) is 0 Å². The van der Waals surface area contributed by atoms with Crippen molar-refractivity contribution in [1.82, 2.24) is 9.36 Å². The lowest BCUT2D eigenvalue weighted by Gasteiger charge is -2.07. The van der Waals surface area contributed by atoms with E-state index in [4.69, 9.17) is 4.11 Å². The molecule has 0 atom stereocenters. The van der Waals surface area contributed by atoms with E-state index in [-0.39, 0.29) is 23.7 Å². The first kappa shape index (κ1) is 9.36.